The second-order valence-electron chi connectivity index (χ2n) is 2.61. The van der Waals surface area contributed by atoms with Crippen LogP contribution in [0.4, 0.5) is 0 Å². The van der Waals surface area contributed by atoms with Gasteiger partial charge < -0.3 is 4.74 Å². The molecule has 1 heterocycles. The van der Waals surface area contributed by atoms with Gasteiger partial charge >= 0.3 is 0 Å². The molecule has 11 heavy (non-hydrogen) atoms. The molecule has 0 aliphatic carbocycles. The minimum atomic E-state index is 0.165. The van der Waals surface area contributed by atoms with E-state index in [2.05, 4.69) is 4.98 Å². The summed E-state index contributed by atoms with van der Waals surface area (Å²) in [6.45, 7) is 4.07. The molecule has 1 aromatic rings. The van der Waals surface area contributed by atoms with E-state index >= 15 is 0 Å². The summed E-state index contributed by atoms with van der Waals surface area (Å²) in [5.41, 5.74) is 2.39. The summed E-state index contributed by atoms with van der Waals surface area (Å²) in [5.74, 6) is 0. The Morgan fingerprint density at radius 1 is 1.55 bits per heavy atom. The largest absolute Gasteiger partial charge is 0.377 e. The number of hydrogen-bond acceptors (Lipinski definition) is 2. The van der Waals surface area contributed by atoms with Crippen molar-refractivity contribution >= 4 is 0 Å². The molecule has 1 atom stereocenters. The number of pyridine rings is 1. The third kappa shape index (κ3) is 1.77. The second-order valence-corrected chi connectivity index (χ2v) is 2.61. The Labute approximate surface area is 67.2 Å². The second kappa shape index (κ2) is 3.49. The van der Waals surface area contributed by atoms with Gasteiger partial charge in [0.05, 0.1) is 6.10 Å². The van der Waals surface area contributed by atoms with Gasteiger partial charge in [-0.05, 0) is 31.0 Å². The van der Waals surface area contributed by atoms with Crippen molar-refractivity contribution in [3.05, 3.63) is 29.6 Å². The molecule has 0 radical (unpaired) electrons. The summed E-state index contributed by atoms with van der Waals surface area (Å²) in [6.07, 6.45) is 3.81. The van der Waals surface area contributed by atoms with E-state index < -0.39 is 0 Å². The van der Waals surface area contributed by atoms with E-state index in [1.165, 1.54) is 11.1 Å². The van der Waals surface area contributed by atoms with Crippen molar-refractivity contribution < 1.29 is 4.74 Å². The van der Waals surface area contributed by atoms with Crippen LogP contribution in [0.3, 0.4) is 0 Å². The number of aromatic nitrogens is 1. The maximum absolute atomic E-state index is 5.19. The lowest BCUT2D eigenvalue weighted by Gasteiger charge is -2.11. The van der Waals surface area contributed by atoms with Crippen LogP contribution < -0.4 is 0 Å². The Morgan fingerprint density at radius 3 is 2.82 bits per heavy atom. The van der Waals surface area contributed by atoms with Crippen LogP contribution in [0.2, 0.25) is 0 Å². The molecule has 0 bridgehead atoms. The van der Waals surface area contributed by atoms with Gasteiger partial charge in [0.15, 0.2) is 0 Å². The highest BCUT2D eigenvalue weighted by molar-refractivity contribution is 5.23. The normalized spacial score (nSPS) is 13.0. The molecule has 0 amide bonds. The number of hydrogen-bond donors (Lipinski definition) is 0. The van der Waals surface area contributed by atoms with Gasteiger partial charge in [-0.2, -0.15) is 0 Å². The van der Waals surface area contributed by atoms with Gasteiger partial charge in [0.25, 0.3) is 0 Å². The maximum atomic E-state index is 5.19. The molecule has 2 nitrogen and oxygen atoms in total. The molecule has 0 saturated heterocycles. The highest BCUT2D eigenvalue weighted by atomic mass is 16.5. The number of aryl methyl sites for hydroxylation is 1. The van der Waals surface area contributed by atoms with Gasteiger partial charge in [-0.1, -0.05) is 0 Å². The summed E-state index contributed by atoms with van der Waals surface area (Å²) >= 11 is 0. The molecule has 0 aliphatic heterocycles. The van der Waals surface area contributed by atoms with Crippen molar-refractivity contribution in [2.24, 2.45) is 0 Å². The lowest BCUT2D eigenvalue weighted by Crippen LogP contribution is -1.98. The van der Waals surface area contributed by atoms with Crippen molar-refractivity contribution in [2.75, 3.05) is 7.11 Å². The van der Waals surface area contributed by atoms with Crippen LogP contribution in [0, 0.1) is 6.92 Å². The van der Waals surface area contributed by atoms with Crippen molar-refractivity contribution in [3.8, 4) is 0 Å². The summed E-state index contributed by atoms with van der Waals surface area (Å²) in [4.78, 5) is 4.01. The fourth-order valence-corrected chi connectivity index (χ4v) is 1.07. The minimum Gasteiger partial charge on any atom is -0.377 e. The van der Waals surface area contributed by atoms with Crippen molar-refractivity contribution in [2.45, 2.75) is 20.0 Å². The van der Waals surface area contributed by atoms with Crippen molar-refractivity contribution in [1.82, 2.24) is 4.98 Å². The molecule has 0 fully saturated rings. The zero-order valence-electron chi connectivity index (χ0n) is 7.16. The smallest absolute Gasteiger partial charge is 0.0796 e. The van der Waals surface area contributed by atoms with E-state index in [0.29, 0.717) is 0 Å². The molecule has 0 N–H and O–H groups in total. The first-order valence-electron chi connectivity index (χ1n) is 3.69. The van der Waals surface area contributed by atoms with Crippen molar-refractivity contribution in [3.63, 3.8) is 0 Å². The fourth-order valence-electron chi connectivity index (χ4n) is 1.07. The molecule has 0 aromatic carbocycles. The quantitative estimate of drug-likeness (QED) is 0.645. The van der Waals surface area contributed by atoms with Gasteiger partial charge in [-0.15, -0.1) is 0 Å². The van der Waals surface area contributed by atoms with E-state index in [0.717, 1.165) is 0 Å². The molecule has 1 rings (SSSR count). The molecule has 0 aliphatic rings. The topological polar surface area (TPSA) is 22.1 Å². The van der Waals surface area contributed by atoms with E-state index in [-0.39, 0.29) is 6.10 Å². The van der Waals surface area contributed by atoms with Crippen LogP contribution >= 0.6 is 0 Å². The van der Waals surface area contributed by atoms with Crippen molar-refractivity contribution in [1.29, 1.82) is 0 Å². The molecule has 0 unspecified atom stereocenters. The lowest BCUT2D eigenvalue weighted by molar-refractivity contribution is 0.119. The average molecular weight is 151 g/mol. The van der Waals surface area contributed by atoms with Crippen LogP contribution in [0.1, 0.15) is 24.2 Å². The summed E-state index contributed by atoms with van der Waals surface area (Å²) in [7, 11) is 1.71. The molecule has 1 aromatic heterocycles. The standard InChI is InChI=1S/C9H13NO/c1-7-6-10-5-4-9(7)8(2)11-3/h4-6,8H,1-3H3/t8-/m0/s1. The number of rotatable bonds is 2. The SMILES string of the molecule is CO[C@@H](C)c1ccncc1C. The van der Waals surface area contributed by atoms with E-state index in [1.54, 1.807) is 13.3 Å². The third-order valence-corrected chi connectivity index (χ3v) is 1.86. The van der Waals surface area contributed by atoms with Crippen LogP contribution in [0.15, 0.2) is 18.5 Å². The number of nitrogens with zero attached hydrogens (tertiary/aromatic N) is 1. The zero-order chi connectivity index (χ0) is 8.27. The first-order valence-corrected chi connectivity index (χ1v) is 3.69. The lowest BCUT2D eigenvalue weighted by atomic mass is 10.1. The van der Waals surface area contributed by atoms with Crippen LogP contribution in [-0.4, -0.2) is 12.1 Å². The van der Waals surface area contributed by atoms with E-state index in [9.17, 15) is 0 Å². The van der Waals surface area contributed by atoms with Gasteiger partial charge in [-0.3, -0.25) is 4.98 Å². The Hall–Kier alpha value is -0.890. The highest BCUT2D eigenvalue weighted by Crippen LogP contribution is 2.17. The summed E-state index contributed by atoms with van der Waals surface area (Å²) < 4.78 is 5.19. The molecule has 0 spiro atoms. The monoisotopic (exact) mass is 151 g/mol. The van der Waals surface area contributed by atoms with Gasteiger partial charge in [0, 0.05) is 19.5 Å². The minimum absolute atomic E-state index is 0.165. The molecular weight excluding hydrogens is 138 g/mol. The highest BCUT2D eigenvalue weighted by Gasteiger charge is 2.04. The van der Waals surface area contributed by atoms with Crippen LogP contribution in [0.25, 0.3) is 0 Å². The summed E-state index contributed by atoms with van der Waals surface area (Å²) in [5, 5.41) is 0. The maximum Gasteiger partial charge on any atom is 0.0796 e. The van der Waals surface area contributed by atoms with Gasteiger partial charge in [0.1, 0.15) is 0 Å². The fraction of sp³-hybridized carbons (Fsp3) is 0.444. The Bertz CT molecular complexity index is 235. The predicted molar refractivity (Wildman–Crippen MR) is 44.4 cm³/mol. The number of methoxy groups -OCH3 is 1. The van der Waals surface area contributed by atoms with Gasteiger partial charge in [-0.25, -0.2) is 0 Å². The van der Waals surface area contributed by atoms with Gasteiger partial charge in [0.2, 0.25) is 0 Å². The molecular formula is C9H13NO. The van der Waals surface area contributed by atoms with E-state index in [1.807, 2.05) is 26.1 Å². The zero-order valence-corrected chi connectivity index (χ0v) is 7.16. The molecule has 60 valence electrons. The first-order chi connectivity index (χ1) is 5.25. The number of ether oxygens (including phenoxy) is 1. The molecule has 0 saturated carbocycles. The predicted octanol–water partition coefficient (Wildman–Crippen LogP) is 2.10. The van der Waals surface area contributed by atoms with Crippen LogP contribution in [0.5, 0.6) is 0 Å². The summed E-state index contributed by atoms with van der Waals surface area (Å²) in [6, 6.07) is 1.99. The third-order valence-electron chi connectivity index (χ3n) is 1.86. The first kappa shape index (κ1) is 8.21. The Balaban J connectivity index is 2.93. The molecule has 2 heteroatoms. The van der Waals surface area contributed by atoms with Crippen LogP contribution in [-0.2, 0) is 4.74 Å². The average Bonchev–Trinajstić information content (AvgIpc) is 2.04. The Kier molecular flexibility index (Phi) is 2.60. The Morgan fingerprint density at radius 2 is 2.27 bits per heavy atom. The van der Waals surface area contributed by atoms with E-state index in [4.69, 9.17) is 4.74 Å².